The van der Waals surface area contributed by atoms with Crippen LogP contribution >= 0.6 is 0 Å². The highest BCUT2D eigenvalue weighted by Crippen LogP contribution is 2.25. The molecule has 0 bridgehead atoms. The molecular weight excluding hydrogens is 277 g/mol. The molecule has 0 aliphatic heterocycles. The minimum absolute atomic E-state index is 0.648. The van der Waals surface area contributed by atoms with Crippen molar-refractivity contribution in [2.45, 2.75) is 38.9 Å². The van der Waals surface area contributed by atoms with Gasteiger partial charge in [-0.05, 0) is 56.4 Å². The lowest BCUT2D eigenvalue weighted by Crippen LogP contribution is -2.53. The highest BCUT2D eigenvalue weighted by atomic mass is 16.5. The van der Waals surface area contributed by atoms with Gasteiger partial charge in [0.1, 0.15) is 0 Å². The summed E-state index contributed by atoms with van der Waals surface area (Å²) in [6.45, 7) is 6.82. The molecule has 2 aromatic rings. The number of hydrogen-bond acceptors (Lipinski definition) is 4. The molecule has 0 amide bonds. The average Bonchev–Trinajstić information content (AvgIpc) is 2.47. The largest absolute Gasteiger partial charge is 0.491 e. The summed E-state index contributed by atoms with van der Waals surface area (Å²) >= 11 is 0. The second-order valence-corrected chi connectivity index (χ2v) is 6.40. The first-order valence-corrected chi connectivity index (χ1v) is 7.29. The molecule has 0 atom stereocenters. The lowest BCUT2D eigenvalue weighted by atomic mass is 9.76. The van der Waals surface area contributed by atoms with Gasteiger partial charge < -0.3 is 14.8 Å². The zero-order valence-corrected chi connectivity index (χ0v) is 13.4. The second-order valence-electron chi connectivity index (χ2n) is 6.40. The molecule has 1 aromatic carbocycles. The van der Waals surface area contributed by atoms with Gasteiger partial charge in [-0.1, -0.05) is 24.3 Å². The van der Waals surface area contributed by atoms with Gasteiger partial charge in [0.2, 0.25) is 0 Å². The van der Waals surface area contributed by atoms with Gasteiger partial charge in [0, 0.05) is 12.4 Å². The molecule has 0 saturated carbocycles. The Morgan fingerprint density at radius 1 is 0.909 bits per heavy atom. The summed E-state index contributed by atoms with van der Waals surface area (Å²) < 4.78 is 5.63. The van der Waals surface area contributed by atoms with Crippen molar-refractivity contribution in [3.63, 3.8) is 0 Å². The van der Waals surface area contributed by atoms with Crippen LogP contribution < -0.4 is 5.46 Å². The van der Waals surface area contributed by atoms with Gasteiger partial charge >= 0.3 is 7.12 Å². The van der Waals surface area contributed by atoms with E-state index in [0.29, 0.717) is 5.46 Å². The molecule has 2 N–H and O–H groups in total. The predicted octanol–water partition coefficient (Wildman–Crippen LogP) is 2.00. The third-order valence-corrected chi connectivity index (χ3v) is 4.09. The Bertz CT molecular complexity index is 606. The number of rotatable bonds is 5. The number of aliphatic hydroxyl groups is 1. The van der Waals surface area contributed by atoms with E-state index in [0.717, 1.165) is 11.1 Å². The van der Waals surface area contributed by atoms with Crippen LogP contribution in [-0.4, -0.2) is 33.4 Å². The van der Waals surface area contributed by atoms with E-state index in [1.54, 1.807) is 40.1 Å². The monoisotopic (exact) mass is 299 g/mol. The van der Waals surface area contributed by atoms with Crippen molar-refractivity contribution < 1.29 is 14.8 Å². The first-order valence-electron chi connectivity index (χ1n) is 7.29. The van der Waals surface area contributed by atoms with Gasteiger partial charge in [0.25, 0.3) is 0 Å². The molecule has 0 fully saturated rings. The van der Waals surface area contributed by atoms with Gasteiger partial charge in [-0.2, -0.15) is 0 Å². The van der Waals surface area contributed by atoms with Crippen LogP contribution in [0.2, 0.25) is 0 Å². The summed E-state index contributed by atoms with van der Waals surface area (Å²) in [4.78, 5) is 4.00. The van der Waals surface area contributed by atoms with Crippen molar-refractivity contribution in [3.05, 3.63) is 48.8 Å². The van der Waals surface area contributed by atoms with E-state index in [-0.39, 0.29) is 0 Å². The average molecular weight is 299 g/mol. The highest BCUT2D eigenvalue weighted by molar-refractivity contribution is 6.60. The normalized spacial score (nSPS) is 12.3. The fourth-order valence-electron chi connectivity index (χ4n) is 1.88. The minimum Gasteiger partial charge on any atom is -0.423 e. The quantitative estimate of drug-likeness (QED) is 0.829. The predicted molar refractivity (Wildman–Crippen MR) is 88.7 cm³/mol. The Balaban J connectivity index is 2.14. The number of benzene rings is 1. The molecule has 2 rings (SSSR count). The van der Waals surface area contributed by atoms with E-state index in [1.807, 2.05) is 36.4 Å². The molecule has 1 heterocycles. The fourth-order valence-corrected chi connectivity index (χ4v) is 1.88. The highest BCUT2D eigenvalue weighted by Gasteiger charge is 2.39. The summed E-state index contributed by atoms with van der Waals surface area (Å²) in [7, 11) is -1.09. The molecule has 0 saturated heterocycles. The maximum absolute atomic E-state index is 10.2. The van der Waals surface area contributed by atoms with Crippen LogP contribution in [0, 0.1) is 0 Å². The molecule has 5 heteroatoms. The Morgan fingerprint density at radius 2 is 1.41 bits per heavy atom. The first-order chi connectivity index (χ1) is 10.2. The lowest BCUT2D eigenvalue weighted by molar-refractivity contribution is -0.0982. The second kappa shape index (κ2) is 6.20. The molecule has 4 nitrogen and oxygen atoms in total. The van der Waals surface area contributed by atoms with Crippen molar-refractivity contribution in [2.24, 2.45) is 0 Å². The first kappa shape index (κ1) is 16.7. The standard InChI is InChI=1S/C17H22BNO3/c1-16(2,20)17(3,4)22-18(21)15-7-5-13(6-8-15)14-9-11-19-12-10-14/h5-12,20-21H,1-4H3. The third kappa shape index (κ3) is 3.74. The SMILES string of the molecule is CC(C)(O)C(C)(C)OB(O)c1ccc(-c2ccncc2)cc1. The maximum Gasteiger partial charge on any atom is 0.491 e. The van der Waals surface area contributed by atoms with Gasteiger partial charge in [0.15, 0.2) is 0 Å². The minimum atomic E-state index is -1.09. The van der Waals surface area contributed by atoms with Crippen LogP contribution in [0.5, 0.6) is 0 Å². The van der Waals surface area contributed by atoms with Crippen molar-refractivity contribution in [1.29, 1.82) is 0 Å². The van der Waals surface area contributed by atoms with Gasteiger partial charge in [0.05, 0.1) is 11.2 Å². The number of aromatic nitrogens is 1. The number of nitrogens with zero attached hydrogens (tertiary/aromatic N) is 1. The molecule has 22 heavy (non-hydrogen) atoms. The van der Waals surface area contributed by atoms with E-state index in [9.17, 15) is 10.1 Å². The van der Waals surface area contributed by atoms with E-state index < -0.39 is 18.3 Å². The zero-order chi connectivity index (χ0) is 16.4. The molecule has 0 aliphatic rings. The van der Waals surface area contributed by atoms with Gasteiger partial charge in [-0.3, -0.25) is 4.98 Å². The Hall–Kier alpha value is -1.69. The topological polar surface area (TPSA) is 62.6 Å². The van der Waals surface area contributed by atoms with E-state index in [1.165, 1.54) is 0 Å². The molecule has 0 aliphatic carbocycles. The Kier molecular flexibility index (Phi) is 4.70. The molecule has 0 radical (unpaired) electrons. The summed E-state index contributed by atoms with van der Waals surface area (Å²) in [5, 5.41) is 20.3. The smallest absolute Gasteiger partial charge is 0.423 e. The van der Waals surface area contributed by atoms with Crippen LogP contribution in [0.15, 0.2) is 48.8 Å². The van der Waals surface area contributed by atoms with Crippen molar-refractivity contribution in [2.75, 3.05) is 0 Å². The number of hydrogen-bond donors (Lipinski definition) is 2. The molecule has 0 unspecified atom stereocenters. The molecular formula is C17H22BNO3. The van der Waals surface area contributed by atoms with Gasteiger partial charge in [-0.25, -0.2) is 0 Å². The zero-order valence-electron chi connectivity index (χ0n) is 13.4. The van der Waals surface area contributed by atoms with Crippen LogP contribution in [-0.2, 0) is 4.65 Å². The van der Waals surface area contributed by atoms with E-state index >= 15 is 0 Å². The van der Waals surface area contributed by atoms with Crippen molar-refractivity contribution in [1.82, 2.24) is 4.98 Å². The Labute approximate surface area is 131 Å². The van der Waals surface area contributed by atoms with Crippen LogP contribution in [0.3, 0.4) is 0 Å². The summed E-state index contributed by atoms with van der Waals surface area (Å²) in [5.74, 6) is 0. The maximum atomic E-state index is 10.2. The van der Waals surface area contributed by atoms with Crippen LogP contribution in [0.1, 0.15) is 27.7 Å². The molecule has 0 spiro atoms. The Morgan fingerprint density at radius 3 is 1.91 bits per heavy atom. The van der Waals surface area contributed by atoms with Crippen molar-refractivity contribution >= 4 is 12.6 Å². The van der Waals surface area contributed by atoms with Crippen LogP contribution in [0.25, 0.3) is 11.1 Å². The number of pyridine rings is 1. The summed E-state index contributed by atoms with van der Waals surface area (Å²) in [6, 6.07) is 11.4. The van der Waals surface area contributed by atoms with Crippen LogP contribution in [0.4, 0.5) is 0 Å². The summed E-state index contributed by atoms with van der Waals surface area (Å²) in [6.07, 6.45) is 3.49. The van der Waals surface area contributed by atoms with Gasteiger partial charge in [-0.15, -0.1) is 0 Å². The lowest BCUT2D eigenvalue weighted by Gasteiger charge is -2.38. The summed E-state index contributed by atoms with van der Waals surface area (Å²) in [5.41, 5.74) is 0.810. The third-order valence-electron chi connectivity index (χ3n) is 4.09. The fraction of sp³-hybridized carbons (Fsp3) is 0.353. The molecule has 1 aromatic heterocycles. The van der Waals surface area contributed by atoms with Crippen molar-refractivity contribution in [3.8, 4) is 11.1 Å². The van der Waals surface area contributed by atoms with E-state index in [2.05, 4.69) is 4.98 Å². The van der Waals surface area contributed by atoms with E-state index in [4.69, 9.17) is 4.65 Å². The molecule has 116 valence electrons.